The zero-order valence-electron chi connectivity index (χ0n) is 9.90. The molecule has 0 aromatic carbocycles. The molecule has 1 fully saturated rings. The minimum Gasteiger partial charge on any atom is -0.466 e. The topological polar surface area (TPSA) is 65.0 Å². The highest BCUT2D eigenvalue weighted by Crippen LogP contribution is 2.41. The summed E-state index contributed by atoms with van der Waals surface area (Å²) < 4.78 is 16.7. The van der Waals surface area contributed by atoms with Gasteiger partial charge in [-0.3, -0.25) is 0 Å². The summed E-state index contributed by atoms with van der Waals surface area (Å²) >= 11 is 1.96. The van der Waals surface area contributed by atoms with E-state index in [1.54, 1.807) is 13.8 Å². The van der Waals surface area contributed by atoms with Crippen molar-refractivity contribution in [3.63, 3.8) is 0 Å². The highest BCUT2D eigenvalue weighted by atomic mass is 127. The first kappa shape index (κ1) is 13.3. The Balaban J connectivity index is 2.37. The van der Waals surface area contributed by atoms with Gasteiger partial charge in [0.15, 0.2) is 5.79 Å². The van der Waals surface area contributed by atoms with Gasteiger partial charge in [-0.2, -0.15) is 0 Å². The summed E-state index contributed by atoms with van der Waals surface area (Å²) in [5.74, 6) is -1.21. The Morgan fingerprint density at radius 2 is 2.18 bits per heavy atom. The van der Waals surface area contributed by atoms with Gasteiger partial charge in [-0.15, -0.1) is 0 Å². The van der Waals surface area contributed by atoms with Gasteiger partial charge in [0.05, 0.1) is 24.9 Å². The molecule has 6 heteroatoms. The predicted molar refractivity (Wildman–Crippen MR) is 67.5 cm³/mol. The average Bonchev–Trinajstić information content (AvgIpc) is 2.53. The molecular weight excluding hydrogens is 339 g/mol. The number of aliphatic hydroxyl groups is 1. The maximum absolute atomic E-state index is 11.7. The van der Waals surface area contributed by atoms with Crippen molar-refractivity contribution in [1.82, 2.24) is 0 Å². The van der Waals surface area contributed by atoms with E-state index in [9.17, 15) is 9.90 Å². The lowest BCUT2D eigenvalue weighted by atomic mass is 9.92. The van der Waals surface area contributed by atoms with Gasteiger partial charge >= 0.3 is 5.97 Å². The van der Waals surface area contributed by atoms with Crippen LogP contribution in [0.2, 0.25) is 0 Å². The van der Waals surface area contributed by atoms with E-state index in [0.29, 0.717) is 15.6 Å². The first-order valence-corrected chi connectivity index (χ1v) is 6.45. The number of rotatable bonds is 1. The van der Waals surface area contributed by atoms with Gasteiger partial charge in [-0.1, -0.05) is 0 Å². The molecule has 2 aliphatic rings. The van der Waals surface area contributed by atoms with E-state index in [1.807, 2.05) is 22.6 Å². The third-order valence-corrected chi connectivity index (χ3v) is 4.18. The second-order valence-electron chi connectivity index (χ2n) is 4.60. The van der Waals surface area contributed by atoms with Crippen LogP contribution in [0.15, 0.2) is 9.15 Å². The van der Waals surface area contributed by atoms with Gasteiger partial charge < -0.3 is 19.3 Å². The van der Waals surface area contributed by atoms with Crippen molar-refractivity contribution in [3.05, 3.63) is 9.15 Å². The van der Waals surface area contributed by atoms with E-state index in [1.165, 1.54) is 7.11 Å². The quantitative estimate of drug-likeness (QED) is 0.565. The highest BCUT2D eigenvalue weighted by molar-refractivity contribution is 14.1. The number of methoxy groups -OCH3 is 1. The van der Waals surface area contributed by atoms with Crippen LogP contribution in [0.4, 0.5) is 0 Å². The standard InChI is InChI=1S/C11H15IO5/c1-11(2)16-6-4-5(13)8(12)7(9(6)17-11)10(14)15-3/h5-6,9,13H,4H2,1-3H3/t5-,6-,9-/m0/s1. The highest BCUT2D eigenvalue weighted by Gasteiger charge is 2.49. The van der Waals surface area contributed by atoms with Crippen LogP contribution >= 0.6 is 22.6 Å². The maximum Gasteiger partial charge on any atom is 0.337 e. The molecule has 1 aliphatic heterocycles. The first-order chi connectivity index (χ1) is 7.85. The Hall–Kier alpha value is -0.180. The van der Waals surface area contributed by atoms with Crippen LogP contribution in [0.3, 0.4) is 0 Å². The number of esters is 1. The van der Waals surface area contributed by atoms with Crippen LogP contribution in [-0.2, 0) is 19.0 Å². The fraction of sp³-hybridized carbons (Fsp3) is 0.727. The second kappa shape index (κ2) is 4.49. The van der Waals surface area contributed by atoms with Crippen LogP contribution in [0.5, 0.6) is 0 Å². The molecule has 0 aromatic rings. The second-order valence-corrected chi connectivity index (χ2v) is 5.76. The summed E-state index contributed by atoms with van der Waals surface area (Å²) in [6.45, 7) is 3.58. The number of aliphatic hydroxyl groups excluding tert-OH is 1. The van der Waals surface area contributed by atoms with Gasteiger partial charge in [0, 0.05) is 10.0 Å². The molecule has 2 rings (SSSR count). The number of carbonyl (C=O) groups excluding carboxylic acids is 1. The monoisotopic (exact) mass is 354 g/mol. The van der Waals surface area contributed by atoms with Crippen molar-refractivity contribution in [1.29, 1.82) is 0 Å². The molecule has 0 bridgehead atoms. The predicted octanol–water partition coefficient (Wildman–Crippen LogP) is 1.13. The molecule has 0 radical (unpaired) electrons. The molecular formula is C11H15IO5. The number of carbonyl (C=O) groups is 1. The Labute approximate surface area is 113 Å². The zero-order valence-corrected chi connectivity index (χ0v) is 12.1. The molecule has 0 unspecified atom stereocenters. The Kier molecular flexibility index (Phi) is 3.50. The normalized spacial score (nSPS) is 35.7. The summed E-state index contributed by atoms with van der Waals surface area (Å²) in [6, 6.07) is 0. The third kappa shape index (κ3) is 2.35. The van der Waals surface area contributed by atoms with E-state index in [4.69, 9.17) is 14.2 Å². The Morgan fingerprint density at radius 1 is 1.53 bits per heavy atom. The molecule has 1 heterocycles. The van der Waals surface area contributed by atoms with Gasteiger partial charge in [0.2, 0.25) is 0 Å². The lowest BCUT2D eigenvalue weighted by molar-refractivity contribution is -0.147. The first-order valence-electron chi connectivity index (χ1n) is 5.37. The van der Waals surface area contributed by atoms with Crippen LogP contribution in [-0.4, -0.2) is 42.3 Å². The van der Waals surface area contributed by atoms with E-state index in [0.717, 1.165) is 0 Å². The fourth-order valence-corrected chi connectivity index (χ4v) is 3.00. The summed E-state index contributed by atoms with van der Waals surface area (Å²) in [5, 5.41) is 9.90. The van der Waals surface area contributed by atoms with E-state index in [2.05, 4.69) is 0 Å². The Morgan fingerprint density at radius 3 is 2.76 bits per heavy atom. The summed E-state index contributed by atoms with van der Waals surface area (Å²) in [5.41, 5.74) is 0.377. The summed E-state index contributed by atoms with van der Waals surface area (Å²) in [6.07, 6.45) is -1.00. The van der Waals surface area contributed by atoms with Crippen LogP contribution in [0.25, 0.3) is 0 Å². The molecule has 3 atom stereocenters. The molecule has 0 aromatic heterocycles. The van der Waals surface area contributed by atoms with Crippen molar-refractivity contribution in [2.75, 3.05) is 7.11 Å². The van der Waals surface area contributed by atoms with Gasteiger partial charge in [-0.05, 0) is 36.4 Å². The van der Waals surface area contributed by atoms with Gasteiger partial charge in [-0.25, -0.2) is 4.79 Å². The molecule has 0 amide bonds. The van der Waals surface area contributed by atoms with Crippen LogP contribution < -0.4 is 0 Å². The van der Waals surface area contributed by atoms with Crippen molar-refractivity contribution in [2.45, 2.75) is 44.4 Å². The molecule has 0 saturated carbocycles. The smallest absolute Gasteiger partial charge is 0.337 e. The van der Waals surface area contributed by atoms with Crippen LogP contribution in [0, 0.1) is 0 Å². The number of fused-ring (bicyclic) bond motifs is 1. The average molecular weight is 354 g/mol. The fourth-order valence-electron chi connectivity index (χ4n) is 2.21. The van der Waals surface area contributed by atoms with E-state index < -0.39 is 24.0 Å². The van der Waals surface area contributed by atoms with E-state index in [-0.39, 0.29) is 6.10 Å². The van der Waals surface area contributed by atoms with Gasteiger partial charge in [0.25, 0.3) is 0 Å². The number of halogens is 1. The van der Waals surface area contributed by atoms with Crippen molar-refractivity contribution < 1.29 is 24.1 Å². The van der Waals surface area contributed by atoms with Crippen molar-refractivity contribution >= 4 is 28.6 Å². The van der Waals surface area contributed by atoms with Crippen molar-refractivity contribution in [3.8, 4) is 0 Å². The molecule has 96 valence electrons. The molecule has 5 nitrogen and oxygen atoms in total. The number of ether oxygens (including phenoxy) is 3. The van der Waals surface area contributed by atoms with Gasteiger partial charge in [0.1, 0.15) is 6.10 Å². The molecule has 17 heavy (non-hydrogen) atoms. The molecule has 1 saturated heterocycles. The number of hydrogen-bond donors (Lipinski definition) is 1. The van der Waals surface area contributed by atoms with E-state index >= 15 is 0 Å². The lowest BCUT2D eigenvalue weighted by Gasteiger charge is -2.28. The SMILES string of the molecule is COC(=O)C1=C(I)[C@@H](O)C[C@@H]2OC(C)(C)O[C@H]12. The summed E-state index contributed by atoms with van der Waals surface area (Å²) in [4.78, 5) is 11.7. The zero-order chi connectivity index (χ0) is 12.8. The maximum atomic E-state index is 11.7. The molecule has 0 spiro atoms. The lowest BCUT2D eigenvalue weighted by Crippen LogP contribution is -2.38. The summed E-state index contributed by atoms with van der Waals surface area (Å²) in [7, 11) is 1.32. The third-order valence-electron chi connectivity index (χ3n) is 2.88. The largest absolute Gasteiger partial charge is 0.466 e. The Bertz CT molecular complexity index is 376. The van der Waals surface area contributed by atoms with Crippen molar-refractivity contribution in [2.24, 2.45) is 0 Å². The molecule has 1 N–H and O–H groups in total. The number of hydrogen-bond acceptors (Lipinski definition) is 5. The minimum absolute atomic E-state index is 0.299. The van der Waals surface area contributed by atoms with Crippen LogP contribution in [0.1, 0.15) is 20.3 Å². The minimum atomic E-state index is -0.740. The molecule has 1 aliphatic carbocycles.